The Hall–Kier alpha value is -3.48. The normalized spacial score (nSPS) is 13.4. The van der Waals surface area contributed by atoms with Crippen molar-refractivity contribution in [3.8, 4) is 0 Å². The van der Waals surface area contributed by atoms with Crippen molar-refractivity contribution in [2.45, 2.75) is 19.5 Å². The van der Waals surface area contributed by atoms with E-state index in [9.17, 15) is 14.4 Å². The zero-order valence-corrected chi connectivity index (χ0v) is 14.6. The first-order valence-corrected chi connectivity index (χ1v) is 8.68. The summed E-state index contributed by atoms with van der Waals surface area (Å²) in [7, 11) is 0. The Bertz CT molecular complexity index is 1080. The van der Waals surface area contributed by atoms with Crippen molar-refractivity contribution in [3.63, 3.8) is 0 Å². The molecule has 4 rings (SSSR count). The van der Waals surface area contributed by atoms with Gasteiger partial charge in [-0.3, -0.25) is 19.4 Å². The van der Waals surface area contributed by atoms with Gasteiger partial charge in [0.15, 0.2) is 0 Å². The molecule has 3 N–H and O–H groups in total. The lowest BCUT2D eigenvalue weighted by atomic mass is 9.96. The fourth-order valence-electron chi connectivity index (χ4n) is 3.39. The average Bonchev–Trinajstić information content (AvgIpc) is 2.72. The van der Waals surface area contributed by atoms with Gasteiger partial charge in [-0.2, -0.15) is 0 Å². The van der Waals surface area contributed by atoms with Crippen LogP contribution in [0.3, 0.4) is 0 Å². The number of anilines is 2. The molecule has 0 spiro atoms. The van der Waals surface area contributed by atoms with Gasteiger partial charge in [-0.25, -0.2) is 0 Å². The van der Waals surface area contributed by atoms with Crippen molar-refractivity contribution in [3.05, 3.63) is 85.4 Å². The van der Waals surface area contributed by atoms with Gasteiger partial charge in [0.2, 0.25) is 0 Å². The summed E-state index contributed by atoms with van der Waals surface area (Å²) < 4.78 is 0. The van der Waals surface area contributed by atoms with Crippen LogP contribution in [0.4, 0.5) is 11.4 Å². The van der Waals surface area contributed by atoms with Crippen molar-refractivity contribution >= 4 is 17.3 Å². The van der Waals surface area contributed by atoms with Gasteiger partial charge in [-0.15, -0.1) is 0 Å². The van der Waals surface area contributed by atoms with Crippen LogP contribution in [0.1, 0.15) is 27.2 Å². The Morgan fingerprint density at radius 3 is 2.74 bits per heavy atom. The molecule has 0 bridgehead atoms. The van der Waals surface area contributed by atoms with E-state index in [4.69, 9.17) is 5.73 Å². The predicted octanol–water partition coefficient (Wildman–Crippen LogP) is 0.753. The van der Waals surface area contributed by atoms with Crippen LogP contribution in [0, 0.1) is 0 Å². The number of nitrogen functional groups attached to an aromatic ring is 1. The summed E-state index contributed by atoms with van der Waals surface area (Å²) >= 11 is 0. The summed E-state index contributed by atoms with van der Waals surface area (Å²) in [4.78, 5) is 41.2. The van der Waals surface area contributed by atoms with Crippen molar-refractivity contribution in [1.82, 2.24) is 10.3 Å². The first-order chi connectivity index (χ1) is 13.0. The van der Waals surface area contributed by atoms with Gasteiger partial charge < -0.3 is 16.0 Å². The smallest absolute Gasteiger partial charge is 0.270 e. The Morgan fingerprint density at radius 2 is 2.00 bits per heavy atom. The number of benzene rings is 1. The van der Waals surface area contributed by atoms with Crippen LogP contribution in [-0.2, 0) is 19.5 Å². The van der Waals surface area contributed by atoms with E-state index in [1.54, 1.807) is 24.4 Å². The lowest BCUT2D eigenvalue weighted by Crippen LogP contribution is -2.44. The lowest BCUT2D eigenvalue weighted by Gasteiger charge is -2.32. The molecule has 3 aromatic rings. The summed E-state index contributed by atoms with van der Waals surface area (Å²) in [6, 6.07) is 11.2. The number of aromatic nitrogens is 1. The summed E-state index contributed by atoms with van der Waals surface area (Å²) in [6.07, 6.45) is 2.35. The first-order valence-electron chi connectivity index (χ1n) is 8.68. The van der Waals surface area contributed by atoms with Crippen LogP contribution in [0.2, 0.25) is 0 Å². The minimum atomic E-state index is -0.596. The van der Waals surface area contributed by atoms with Crippen LogP contribution < -0.4 is 26.8 Å². The molecule has 0 radical (unpaired) electrons. The molecule has 1 aromatic heterocycles. The van der Waals surface area contributed by atoms with Gasteiger partial charge in [0.1, 0.15) is 17.1 Å². The van der Waals surface area contributed by atoms with Gasteiger partial charge >= 0.3 is 0 Å². The number of hydrogen-bond acceptors (Lipinski definition) is 6. The molecule has 0 fully saturated rings. The molecule has 27 heavy (non-hydrogen) atoms. The third kappa shape index (κ3) is 3.08. The molecule has 1 amide bonds. The highest BCUT2D eigenvalue weighted by Gasteiger charge is 2.26. The largest absolute Gasteiger partial charge is 0.394 e. The van der Waals surface area contributed by atoms with E-state index in [0.29, 0.717) is 31.0 Å². The Kier molecular flexibility index (Phi) is 4.19. The van der Waals surface area contributed by atoms with Crippen LogP contribution in [0.5, 0.6) is 0 Å². The molecule has 0 atom stereocenters. The van der Waals surface area contributed by atoms with E-state index in [0.717, 1.165) is 17.5 Å². The molecule has 0 unspecified atom stereocenters. The van der Waals surface area contributed by atoms with E-state index in [-0.39, 0.29) is 11.6 Å². The van der Waals surface area contributed by atoms with Crippen LogP contribution in [0.25, 0.3) is 0 Å². The zero-order chi connectivity index (χ0) is 19.0. The molecule has 7 heteroatoms. The van der Waals surface area contributed by atoms with Gasteiger partial charge in [-0.05, 0) is 35.2 Å². The second-order valence-corrected chi connectivity index (χ2v) is 6.59. The Balaban J connectivity index is 1.47. The lowest BCUT2D eigenvalue weighted by molar-refractivity contribution is 0.0946. The van der Waals surface area contributed by atoms with Gasteiger partial charge in [0, 0.05) is 25.8 Å². The number of nitrogens with one attached hydrogen (secondary N) is 1. The van der Waals surface area contributed by atoms with E-state index in [1.807, 2.05) is 23.1 Å². The maximum atomic E-state index is 12.1. The Labute approximate surface area is 155 Å². The van der Waals surface area contributed by atoms with Crippen molar-refractivity contribution < 1.29 is 4.79 Å². The van der Waals surface area contributed by atoms with Gasteiger partial charge in [-0.1, -0.05) is 24.3 Å². The van der Waals surface area contributed by atoms with E-state index < -0.39 is 10.9 Å². The summed E-state index contributed by atoms with van der Waals surface area (Å²) in [6.45, 7) is 1.55. The standard InChI is InChI=1S/C20H18N4O3/c21-16-17(19(26)18(16)25)24-8-6-13-5-4-12(9-14(13)11-24)10-23-20(27)15-3-1-2-7-22-15/h1-5,7,9H,6,8,10-11,21H2,(H,23,27). The molecule has 2 heterocycles. The summed E-state index contributed by atoms with van der Waals surface area (Å²) in [5.74, 6) is -0.230. The van der Waals surface area contributed by atoms with E-state index >= 15 is 0 Å². The average molecular weight is 362 g/mol. The second kappa shape index (κ2) is 6.68. The number of fused-ring (bicyclic) bond motifs is 1. The molecule has 136 valence electrons. The first kappa shape index (κ1) is 17.0. The van der Waals surface area contributed by atoms with Crippen molar-refractivity contribution in [1.29, 1.82) is 0 Å². The molecule has 1 aliphatic heterocycles. The molecular weight excluding hydrogens is 344 g/mol. The second-order valence-electron chi connectivity index (χ2n) is 6.59. The Morgan fingerprint density at radius 1 is 1.15 bits per heavy atom. The number of carbonyl (C=O) groups excluding carboxylic acids is 1. The van der Waals surface area contributed by atoms with Crippen molar-refractivity contribution in [2.24, 2.45) is 0 Å². The monoisotopic (exact) mass is 362 g/mol. The third-order valence-corrected chi connectivity index (χ3v) is 4.87. The van der Waals surface area contributed by atoms with Gasteiger partial charge in [0.25, 0.3) is 16.8 Å². The number of amides is 1. The number of pyridine rings is 1. The third-order valence-electron chi connectivity index (χ3n) is 4.87. The number of carbonyl (C=O) groups is 1. The van der Waals surface area contributed by atoms with Crippen molar-refractivity contribution in [2.75, 3.05) is 17.2 Å². The highest BCUT2D eigenvalue weighted by Crippen LogP contribution is 2.26. The predicted molar refractivity (Wildman–Crippen MR) is 102 cm³/mol. The zero-order valence-electron chi connectivity index (χ0n) is 14.6. The van der Waals surface area contributed by atoms with Crippen LogP contribution in [0.15, 0.2) is 52.2 Å². The molecule has 0 aliphatic carbocycles. The minimum Gasteiger partial charge on any atom is -0.394 e. The van der Waals surface area contributed by atoms with Gasteiger partial charge in [0.05, 0.1) is 0 Å². The molecular formula is C20H18N4O3. The highest BCUT2D eigenvalue weighted by atomic mass is 16.2. The summed E-state index contributed by atoms with van der Waals surface area (Å²) in [5.41, 5.74) is 8.57. The maximum absolute atomic E-state index is 12.1. The van der Waals surface area contributed by atoms with E-state index in [2.05, 4.69) is 10.3 Å². The number of nitrogens with zero attached hydrogens (tertiary/aromatic N) is 2. The fourth-order valence-corrected chi connectivity index (χ4v) is 3.39. The summed E-state index contributed by atoms with van der Waals surface area (Å²) in [5, 5.41) is 2.86. The molecule has 0 saturated heterocycles. The fraction of sp³-hybridized carbons (Fsp3) is 0.200. The molecule has 2 aromatic carbocycles. The number of rotatable bonds is 4. The molecule has 1 aliphatic rings. The quantitative estimate of drug-likeness (QED) is 0.664. The number of hydrogen-bond donors (Lipinski definition) is 2. The highest BCUT2D eigenvalue weighted by molar-refractivity contribution is 5.92. The molecule has 7 nitrogen and oxygen atoms in total. The maximum Gasteiger partial charge on any atom is 0.270 e. The van der Waals surface area contributed by atoms with Crippen LogP contribution in [-0.4, -0.2) is 17.4 Å². The minimum absolute atomic E-state index is 0.0576. The topological polar surface area (TPSA) is 105 Å². The van der Waals surface area contributed by atoms with E-state index in [1.165, 1.54) is 5.56 Å². The number of nitrogens with two attached hydrogens (primary N) is 1. The SMILES string of the molecule is Nc1c(N2CCc3ccc(CNC(=O)c4ccccn4)cc3C2)c(=O)c1=O. The molecule has 0 saturated carbocycles. The van der Waals surface area contributed by atoms with Crippen LogP contribution >= 0.6 is 0 Å².